The van der Waals surface area contributed by atoms with Gasteiger partial charge in [0.1, 0.15) is 6.61 Å². The van der Waals surface area contributed by atoms with Crippen LogP contribution in [0.1, 0.15) is 18.1 Å². The van der Waals surface area contributed by atoms with E-state index in [0.717, 1.165) is 16.8 Å². The zero-order valence-electron chi connectivity index (χ0n) is 15.9. The standard InChI is InChI=1S/C22H18BrNO3S2/c1-4-10-27-20-16(23)11-15(12-18(20)26-5-2)13-19-21(25)24(22(28)29-19)17-9-7-6-8-14(17)3/h1,6-9,11-13H,5,10H2,2-3H3/b19-13-. The van der Waals surface area contributed by atoms with Gasteiger partial charge in [-0.1, -0.05) is 48.1 Å². The molecule has 0 unspecified atom stereocenters. The molecule has 29 heavy (non-hydrogen) atoms. The zero-order valence-corrected chi connectivity index (χ0v) is 19.1. The largest absolute Gasteiger partial charge is 0.490 e. The van der Waals surface area contributed by atoms with Crippen molar-refractivity contribution < 1.29 is 14.3 Å². The highest BCUT2D eigenvalue weighted by atomic mass is 79.9. The Kier molecular flexibility index (Phi) is 7.01. The summed E-state index contributed by atoms with van der Waals surface area (Å²) in [5.74, 6) is 3.39. The minimum Gasteiger partial charge on any atom is -0.490 e. The molecule has 1 heterocycles. The van der Waals surface area contributed by atoms with Crippen molar-refractivity contribution in [2.24, 2.45) is 0 Å². The number of carbonyl (C=O) groups excluding carboxylic acids is 1. The van der Waals surface area contributed by atoms with E-state index in [1.54, 1.807) is 11.0 Å². The Labute approximate surface area is 188 Å². The van der Waals surface area contributed by atoms with Crippen LogP contribution in [0.2, 0.25) is 0 Å². The van der Waals surface area contributed by atoms with Crippen molar-refractivity contribution in [3.63, 3.8) is 0 Å². The predicted octanol–water partition coefficient (Wildman–Crippen LogP) is 5.57. The van der Waals surface area contributed by atoms with Crippen LogP contribution in [0.5, 0.6) is 11.5 Å². The molecular weight excluding hydrogens is 470 g/mol. The molecule has 7 heteroatoms. The van der Waals surface area contributed by atoms with Gasteiger partial charge in [-0.2, -0.15) is 0 Å². The van der Waals surface area contributed by atoms with E-state index in [1.807, 2.05) is 50.2 Å². The minimum absolute atomic E-state index is 0.132. The van der Waals surface area contributed by atoms with Crippen molar-refractivity contribution in [2.45, 2.75) is 13.8 Å². The summed E-state index contributed by atoms with van der Waals surface area (Å²) in [6, 6.07) is 11.4. The quantitative estimate of drug-likeness (QED) is 0.302. The Bertz CT molecular complexity index is 1040. The first kappa shape index (κ1) is 21.4. The van der Waals surface area contributed by atoms with E-state index in [1.165, 1.54) is 11.8 Å². The average Bonchev–Trinajstić information content (AvgIpc) is 2.95. The molecule has 1 fully saturated rings. The number of para-hydroxylation sites is 1. The molecule has 1 saturated heterocycles. The number of nitrogens with zero attached hydrogens (tertiary/aromatic N) is 1. The Balaban J connectivity index is 1.96. The van der Waals surface area contributed by atoms with Crippen LogP contribution in [-0.4, -0.2) is 23.4 Å². The maximum absolute atomic E-state index is 13.0. The Morgan fingerprint density at radius 1 is 1.31 bits per heavy atom. The molecule has 0 spiro atoms. The Morgan fingerprint density at radius 3 is 2.76 bits per heavy atom. The Morgan fingerprint density at radius 2 is 2.07 bits per heavy atom. The van der Waals surface area contributed by atoms with E-state index in [-0.39, 0.29) is 12.5 Å². The van der Waals surface area contributed by atoms with Crippen LogP contribution >= 0.6 is 39.9 Å². The number of benzene rings is 2. The van der Waals surface area contributed by atoms with Gasteiger partial charge in [-0.25, -0.2) is 0 Å². The summed E-state index contributed by atoms with van der Waals surface area (Å²) >= 11 is 10.2. The molecule has 1 amide bonds. The monoisotopic (exact) mass is 487 g/mol. The van der Waals surface area contributed by atoms with Crippen LogP contribution in [0, 0.1) is 19.3 Å². The van der Waals surface area contributed by atoms with Gasteiger partial charge in [-0.15, -0.1) is 6.42 Å². The highest BCUT2D eigenvalue weighted by molar-refractivity contribution is 9.10. The normalized spacial score (nSPS) is 15.0. The van der Waals surface area contributed by atoms with Crippen LogP contribution in [-0.2, 0) is 4.79 Å². The van der Waals surface area contributed by atoms with Gasteiger partial charge in [-0.3, -0.25) is 9.69 Å². The second-order valence-electron chi connectivity index (χ2n) is 6.06. The zero-order chi connectivity index (χ0) is 21.0. The van der Waals surface area contributed by atoms with Crippen molar-refractivity contribution in [3.05, 3.63) is 56.9 Å². The fourth-order valence-corrected chi connectivity index (χ4v) is 4.69. The maximum atomic E-state index is 13.0. The van der Waals surface area contributed by atoms with Crippen LogP contribution in [0.4, 0.5) is 5.69 Å². The van der Waals surface area contributed by atoms with Gasteiger partial charge >= 0.3 is 0 Å². The molecule has 0 bridgehead atoms. The van der Waals surface area contributed by atoms with Crippen molar-refractivity contribution in [1.29, 1.82) is 0 Å². The average molecular weight is 488 g/mol. The second-order valence-corrected chi connectivity index (χ2v) is 8.59. The molecule has 1 aliphatic heterocycles. The Hall–Kier alpha value is -2.27. The summed E-state index contributed by atoms with van der Waals surface area (Å²) in [4.78, 5) is 15.2. The lowest BCUT2D eigenvalue weighted by Gasteiger charge is -2.16. The molecule has 1 aliphatic rings. The predicted molar refractivity (Wildman–Crippen MR) is 126 cm³/mol. The highest BCUT2D eigenvalue weighted by Gasteiger charge is 2.34. The van der Waals surface area contributed by atoms with Crippen LogP contribution in [0.3, 0.4) is 0 Å². The van der Waals surface area contributed by atoms with Crippen LogP contribution in [0.15, 0.2) is 45.8 Å². The third-order valence-electron chi connectivity index (χ3n) is 4.08. The van der Waals surface area contributed by atoms with Gasteiger partial charge in [-0.05, 0) is 65.2 Å². The molecule has 2 aromatic rings. The number of hydrogen-bond donors (Lipinski definition) is 0. The first-order chi connectivity index (χ1) is 14.0. The number of hydrogen-bond acceptors (Lipinski definition) is 5. The summed E-state index contributed by atoms with van der Waals surface area (Å²) < 4.78 is 12.5. The number of amides is 1. The fourth-order valence-electron chi connectivity index (χ4n) is 2.83. The van der Waals surface area contributed by atoms with Crippen molar-refractivity contribution >= 4 is 61.9 Å². The van der Waals surface area contributed by atoms with E-state index in [0.29, 0.717) is 31.8 Å². The number of anilines is 1. The third kappa shape index (κ3) is 4.67. The highest BCUT2D eigenvalue weighted by Crippen LogP contribution is 2.40. The van der Waals surface area contributed by atoms with Gasteiger partial charge < -0.3 is 9.47 Å². The van der Waals surface area contributed by atoms with E-state index in [4.69, 9.17) is 28.1 Å². The molecule has 3 rings (SSSR count). The number of thioether (sulfide) groups is 1. The van der Waals surface area contributed by atoms with Crippen LogP contribution < -0.4 is 14.4 Å². The number of carbonyl (C=O) groups is 1. The molecule has 0 atom stereocenters. The minimum atomic E-state index is -0.143. The van der Waals surface area contributed by atoms with E-state index in [2.05, 4.69) is 21.9 Å². The molecule has 0 aliphatic carbocycles. The number of ether oxygens (including phenoxy) is 2. The van der Waals surface area contributed by atoms with E-state index >= 15 is 0 Å². The van der Waals surface area contributed by atoms with Gasteiger partial charge in [0.25, 0.3) is 5.91 Å². The summed E-state index contributed by atoms with van der Waals surface area (Å²) in [6.07, 6.45) is 7.09. The first-order valence-corrected chi connectivity index (χ1v) is 10.8. The number of thiocarbonyl (C=S) groups is 1. The van der Waals surface area contributed by atoms with Gasteiger partial charge in [0, 0.05) is 0 Å². The molecule has 0 saturated carbocycles. The van der Waals surface area contributed by atoms with Crippen LogP contribution in [0.25, 0.3) is 6.08 Å². The fraction of sp³-hybridized carbons (Fsp3) is 0.182. The molecule has 4 nitrogen and oxygen atoms in total. The second kappa shape index (κ2) is 9.49. The molecule has 148 valence electrons. The van der Waals surface area contributed by atoms with E-state index < -0.39 is 0 Å². The first-order valence-electron chi connectivity index (χ1n) is 8.82. The molecule has 0 aromatic heterocycles. The topological polar surface area (TPSA) is 38.8 Å². The lowest BCUT2D eigenvalue weighted by molar-refractivity contribution is -0.113. The number of halogens is 1. The summed E-state index contributed by atoms with van der Waals surface area (Å²) in [5.41, 5.74) is 2.58. The number of rotatable bonds is 6. The molecular formula is C22H18BrNO3S2. The van der Waals surface area contributed by atoms with Gasteiger partial charge in [0.05, 0.1) is 21.7 Å². The van der Waals surface area contributed by atoms with Crippen molar-refractivity contribution in [2.75, 3.05) is 18.1 Å². The summed E-state index contributed by atoms with van der Waals surface area (Å²) in [7, 11) is 0. The van der Waals surface area contributed by atoms with Gasteiger partial charge in [0.15, 0.2) is 15.8 Å². The lowest BCUT2D eigenvalue weighted by atomic mass is 10.1. The lowest BCUT2D eigenvalue weighted by Crippen LogP contribution is -2.28. The van der Waals surface area contributed by atoms with E-state index in [9.17, 15) is 4.79 Å². The van der Waals surface area contributed by atoms with Crippen molar-refractivity contribution in [3.8, 4) is 23.8 Å². The number of aryl methyl sites for hydroxylation is 1. The molecule has 0 radical (unpaired) electrons. The number of terminal acetylenes is 1. The maximum Gasteiger partial charge on any atom is 0.270 e. The smallest absolute Gasteiger partial charge is 0.270 e. The third-order valence-corrected chi connectivity index (χ3v) is 5.97. The van der Waals surface area contributed by atoms with Gasteiger partial charge in [0.2, 0.25) is 0 Å². The summed E-state index contributed by atoms with van der Waals surface area (Å²) in [5, 5.41) is 0. The molecule has 2 aromatic carbocycles. The summed E-state index contributed by atoms with van der Waals surface area (Å²) in [6.45, 7) is 4.45. The SMILES string of the molecule is C#CCOc1c(Br)cc(/C=C2\SC(=S)N(c3ccccc3C)C2=O)cc1OCC. The van der Waals surface area contributed by atoms with Crippen molar-refractivity contribution in [1.82, 2.24) is 0 Å². The molecule has 0 N–H and O–H groups in total.